The maximum atomic E-state index is 12.2. The van der Waals surface area contributed by atoms with Crippen molar-refractivity contribution in [1.82, 2.24) is 9.97 Å². The van der Waals surface area contributed by atoms with E-state index in [2.05, 4.69) is 45.6 Å². The summed E-state index contributed by atoms with van der Waals surface area (Å²) in [5, 5.41) is 4.07. The molecule has 5 nitrogen and oxygen atoms in total. The lowest BCUT2D eigenvalue weighted by molar-refractivity contribution is -0.904. The van der Waals surface area contributed by atoms with Gasteiger partial charge < -0.3 is 22.6 Å². The summed E-state index contributed by atoms with van der Waals surface area (Å²) < 4.78 is 0. The second kappa shape index (κ2) is 9.02. The minimum atomic E-state index is -0.0796. The number of para-hydroxylation sites is 1. The number of hydrogen-bond donors (Lipinski definition) is 3. The number of nitrogens with one attached hydrogen (secondary N) is 3. The molecule has 0 bridgehead atoms. The third kappa shape index (κ3) is 4.87. The number of piperidine rings is 1. The fourth-order valence-electron chi connectivity index (χ4n) is 3.73. The molecular weight excluding hydrogens is 360 g/mol. The number of likely N-dealkylation sites (tertiary alicyclic amines) is 1. The van der Waals surface area contributed by atoms with E-state index in [4.69, 9.17) is 0 Å². The molecule has 27 heavy (non-hydrogen) atoms. The molecule has 3 N–H and O–H groups in total. The highest BCUT2D eigenvalue weighted by Crippen LogP contribution is 2.11. The average molecular weight is 385 g/mol. The number of hydrogen-bond acceptors (Lipinski definition) is 3. The van der Waals surface area contributed by atoms with Gasteiger partial charge in [0, 0.05) is 25.3 Å². The largest absolute Gasteiger partial charge is 1.00 e. The number of nitrogens with zero attached hydrogens (tertiary/aromatic N) is 1. The van der Waals surface area contributed by atoms with Gasteiger partial charge in [-0.1, -0.05) is 42.5 Å². The van der Waals surface area contributed by atoms with Crippen LogP contribution in [0, 0.1) is 0 Å². The number of halogens is 1. The lowest BCUT2D eigenvalue weighted by Gasteiger charge is -2.30. The van der Waals surface area contributed by atoms with E-state index in [0.29, 0.717) is 17.4 Å². The summed E-state index contributed by atoms with van der Waals surface area (Å²) in [5.74, 6) is 0.589. The Hall–Kier alpha value is -2.37. The molecule has 0 radical (unpaired) electrons. The summed E-state index contributed by atoms with van der Waals surface area (Å²) in [6.45, 7) is 3.49. The number of fused-ring (bicyclic) bond motifs is 1. The third-order valence-electron chi connectivity index (χ3n) is 5.26. The van der Waals surface area contributed by atoms with Crippen molar-refractivity contribution < 1.29 is 17.3 Å². The Morgan fingerprint density at radius 2 is 1.74 bits per heavy atom. The van der Waals surface area contributed by atoms with Crippen molar-refractivity contribution in [2.24, 2.45) is 0 Å². The highest BCUT2D eigenvalue weighted by Gasteiger charge is 2.22. The highest BCUT2D eigenvalue weighted by atomic mass is 35.5. The van der Waals surface area contributed by atoms with Crippen LogP contribution in [0.5, 0.6) is 0 Å². The molecule has 4 rings (SSSR count). The van der Waals surface area contributed by atoms with Gasteiger partial charge in [-0.3, -0.25) is 9.78 Å². The topological polar surface area (TPSA) is 62.2 Å². The SMILES string of the molecule is O=c1[nH]c(NC2CC[NH+](CCc3ccccc3)CC2)nc2ccccc12.[Cl-]. The van der Waals surface area contributed by atoms with Crippen molar-refractivity contribution in [3.63, 3.8) is 0 Å². The summed E-state index contributed by atoms with van der Waals surface area (Å²) in [5.41, 5.74) is 2.08. The predicted molar refractivity (Wildman–Crippen MR) is 105 cm³/mol. The Morgan fingerprint density at radius 1 is 1.04 bits per heavy atom. The lowest BCUT2D eigenvalue weighted by atomic mass is 10.0. The van der Waals surface area contributed by atoms with Crippen LogP contribution in [0.25, 0.3) is 10.9 Å². The zero-order valence-electron chi connectivity index (χ0n) is 15.2. The van der Waals surface area contributed by atoms with E-state index in [0.717, 1.165) is 37.9 Å². The fraction of sp³-hybridized carbons (Fsp3) is 0.333. The van der Waals surface area contributed by atoms with Crippen molar-refractivity contribution in [2.75, 3.05) is 25.0 Å². The van der Waals surface area contributed by atoms with E-state index in [9.17, 15) is 4.79 Å². The molecule has 0 unspecified atom stereocenters. The molecule has 0 amide bonds. The van der Waals surface area contributed by atoms with Gasteiger partial charge >= 0.3 is 0 Å². The van der Waals surface area contributed by atoms with Gasteiger partial charge in [0.15, 0.2) is 0 Å². The molecule has 142 valence electrons. The van der Waals surface area contributed by atoms with Crippen molar-refractivity contribution in [3.8, 4) is 0 Å². The van der Waals surface area contributed by atoms with Gasteiger partial charge in [0.25, 0.3) is 5.56 Å². The molecule has 2 aromatic carbocycles. The molecule has 1 fully saturated rings. The monoisotopic (exact) mass is 384 g/mol. The number of aromatic amines is 1. The molecule has 0 aliphatic carbocycles. The van der Waals surface area contributed by atoms with Gasteiger partial charge in [0.1, 0.15) is 0 Å². The number of rotatable bonds is 5. The fourth-order valence-corrected chi connectivity index (χ4v) is 3.73. The maximum Gasteiger partial charge on any atom is 0.260 e. The minimum Gasteiger partial charge on any atom is -1.00 e. The normalized spacial score (nSPS) is 19.4. The molecule has 1 aliphatic heterocycles. The quantitative estimate of drug-likeness (QED) is 0.508. The van der Waals surface area contributed by atoms with Gasteiger partial charge in [-0.05, 0) is 17.7 Å². The van der Waals surface area contributed by atoms with Crippen molar-refractivity contribution >= 4 is 16.9 Å². The zero-order chi connectivity index (χ0) is 17.8. The number of benzene rings is 2. The van der Waals surface area contributed by atoms with Crippen LogP contribution in [0.15, 0.2) is 59.4 Å². The number of anilines is 1. The smallest absolute Gasteiger partial charge is 0.260 e. The maximum absolute atomic E-state index is 12.2. The standard InChI is InChI=1S/C21H24N4O.ClH/c26-20-18-8-4-5-9-19(18)23-21(24-20)22-17-11-14-25(15-12-17)13-10-16-6-2-1-3-7-16;/h1-9,17H,10-15H2,(H2,22,23,24,26);1H. The Bertz CT molecular complexity index is 920. The summed E-state index contributed by atoms with van der Waals surface area (Å²) in [6, 6.07) is 18.5. The summed E-state index contributed by atoms with van der Waals surface area (Å²) >= 11 is 0. The first kappa shape index (κ1) is 19.4. The first-order valence-corrected chi connectivity index (χ1v) is 9.41. The molecular formula is C21H25ClN4O. The van der Waals surface area contributed by atoms with E-state index in [-0.39, 0.29) is 18.0 Å². The van der Waals surface area contributed by atoms with E-state index in [1.54, 1.807) is 11.0 Å². The molecule has 1 aliphatic rings. The molecule has 0 atom stereocenters. The van der Waals surface area contributed by atoms with Crippen molar-refractivity contribution in [2.45, 2.75) is 25.3 Å². The van der Waals surface area contributed by atoms with Gasteiger partial charge in [-0.2, -0.15) is 0 Å². The molecule has 1 aromatic heterocycles. The second-order valence-corrected chi connectivity index (χ2v) is 7.09. The van der Waals surface area contributed by atoms with Crippen molar-refractivity contribution in [1.29, 1.82) is 0 Å². The average Bonchev–Trinajstić information content (AvgIpc) is 2.68. The van der Waals surface area contributed by atoms with Crippen LogP contribution >= 0.6 is 0 Å². The zero-order valence-corrected chi connectivity index (χ0v) is 16.0. The predicted octanol–water partition coefficient (Wildman–Crippen LogP) is -1.37. The first-order chi connectivity index (χ1) is 12.8. The van der Waals surface area contributed by atoms with E-state index in [1.807, 2.05) is 18.2 Å². The summed E-state index contributed by atoms with van der Waals surface area (Å²) in [4.78, 5) is 21.3. The summed E-state index contributed by atoms with van der Waals surface area (Å²) in [6.07, 6.45) is 3.33. The molecule has 0 saturated carbocycles. The van der Waals surface area contributed by atoms with Crippen LogP contribution in [0.3, 0.4) is 0 Å². The minimum absolute atomic E-state index is 0. The van der Waals surface area contributed by atoms with Gasteiger partial charge in [-0.25, -0.2) is 4.98 Å². The first-order valence-electron chi connectivity index (χ1n) is 9.41. The molecule has 6 heteroatoms. The van der Waals surface area contributed by atoms with E-state index in [1.165, 1.54) is 12.1 Å². The molecule has 2 heterocycles. The third-order valence-corrected chi connectivity index (χ3v) is 5.26. The number of quaternary nitrogens is 1. The molecule has 3 aromatic rings. The van der Waals surface area contributed by atoms with Crippen LogP contribution in [0.4, 0.5) is 5.95 Å². The van der Waals surface area contributed by atoms with Crippen LogP contribution in [-0.2, 0) is 6.42 Å². The number of aromatic nitrogens is 2. The van der Waals surface area contributed by atoms with Crippen LogP contribution in [0.1, 0.15) is 18.4 Å². The Morgan fingerprint density at radius 3 is 2.52 bits per heavy atom. The lowest BCUT2D eigenvalue weighted by Crippen LogP contribution is -3.13. The van der Waals surface area contributed by atoms with Gasteiger partial charge in [0.2, 0.25) is 5.95 Å². The van der Waals surface area contributed by atoms with E-state index >= 15 is 0 Å². The van der Waals surface area contributed by atoms with Gasteiger partial charge in [0.05, 0.1) is 30.5 Å². The Kier molecular flexibility index (Phi) is 6.48. The van der Waals surface area contributed by atoms with Crippen LogP contribution < -0.4 is 28.2 Å². The van der Waals surface area contributed by atoms with Crippen LogP contribution in [0.2, 0.25) is 0 Å². The second-order valence-electron chi connectivity index (χ2n) is 7.09. The highest BCUT2D eigenvalue weighted by molar-refractivity contribution is 5.78. The Labute approximate surface area is 165 Å². The Balaban J connectivity index is 0.00000210. The van der Waals surface area contributed by atoms with Crippen molar-refractivity contribution in [3.05, 3.63) is 70.5 Å². The number of H-pyrrole nitrogens is 1. The molecule has 0 spiro atoms. The van der Waals surface area contributed by atoms with Crippen LogP contribution in [-0.4, -0.2) is 35.6 Å². The van der Waals surface area contributed by atoms with E-state index < -0.39 is 0 Å². The summed E-state index contributed by atoms with van der Waals surface area (Å²) in [7, 11) is 0. The molecule has 1 saturated heterocycles. The van der Waals surface area contributed by atoms with Gasteiger partial charge in [-0.15, -0.1) is 0 Å².